The summed E-state index contributed by atoms with van der Waals surface area (Å²) < 4.78 is 0. The molecule has 1 fully saturated rings. The van der Waals surface area contributed by atoms with Gasteiger partial charge in [0.1, 0.15) is 0 Å². The van der Waals surface area contributed by atoms with Crippen LogP contribution in [0.2, 0.25) is 0 Å². The highest BCUT2D eigenvalue weighted by atomic mass is 32.1. The standard InChI is InChI=1S/C15H24N2OS/c1-2-16-12-13-7-9-17(10-8-13)15(18)6-5-14-4-3-11-19-14/h3-4,11,13,16H,2,5-10,12H2,1H3. The molecule has 2 rings (SSSR count). The molecule has 0 bridgehead atoms. The zero-order chi connectivity index (χ0) is 13.5. The van der Waals surface area contributed by atoms with Crippen molar-refractivity contribution in [2.24, 2.45) is 5.92 Å². The van der Waals surface area contributed by atoms with Crippen LogP contribution in [-0.4, -0.2) is 37.0 Å². The minimum Gasteiger partial charge on any atom is -0.343 e. The highest BCUT2D eigenvalue weighted by molar-refractivity contribution is 7.09. The largest absolute Gasteiger partial charge is 0.343 e. The Bertz CT molecular complexity index is 370. The van der Waals surface area contributed by atoms with E-state index in [2.05, 4.69) is 34.7 Å². The summed E-state index contributed by atoms with van der Waals surface area (Å²) in [5, 5.41) is 5.48. The minimum absolute atomic E-state index is 0.329. The normalized spacial score (nSPS) is 16.8. The van der Waals surface area contributed by atoms with Crippen LogP contribution in [0.5, 0.6) is 0 Å². The van der Waals surface area contributed by atoms with E-state index >= 15 is 0 Å². The SMILES string of the molecule is CCNCC1CCN(C(=O)CCc2cccs2)CC1. The molecule has 1 N–H and O–H groups in total. The van der Waals surface area contributed by atoms with E-state index in [0.717, 1.165) is 51.4 Å². The molecule has 1 amide bonds. The molecule has 2 heterocycles. The van der Waals surface area contributed by atoms with E-state index in [-0.39, 0.29) is 0 Å². The van der Waals surface area contributed by atoms with E-state index in [1.807, 2.05) is 0 Å². The molecule has 106 valence electrons. The molecule has 19 heavy (non-hydrogen) atoms. The van der Waals surface area contributed by atoms with Crippen LogP contribution in [0, 0.1) is 5.92 Å². The molecule has 0 aliphatic carbocycles. The quantitative estimate of drug-likeness (QED) is 0.868. The van der Waals surface area contributed by atoms with Crippen LogP contribution >= 0.6 is 11.3 Å². The number of rotatable bonds is 6. The predicted octanol–water partition coefficient (Wildman–Crippen LogP) is 2.53. The molecule has 1 aliphatic rings. The molecule has 0 spiro atoms. The summed E-state index contributed by atoms with van der Waals surface area (Å²) in [6, 6.07) is 4.16. The van der Waals surface area contributed by atoms with Gasteiger partial charge in [-0.1, -0.05) is 13.0 Å². The maximum absolute atomic E-state index is 12.1. The van der Waals surface area contributed by atoms with Gasteiger partial charge in [-0.05, 0) is 49.7 Å². The molecule has 1 aromatic rings. The van der Waals surface area contributed by atoms with E-state index in [4.69, 9.17) is 0 Å². The van der Waals surface area contributed by atoms with Gasteiger partial charge in [0.15, 0.2) is 0 Å². The first-order chi connectivity index (χ1) is 9.29. The Labute approximate surface area is 120 Å². The van der Waals surface area contributed by atoms with Gasteiger partial charge in [-0.25, -0.2) is 0 Å². The molecule has 0 radical (unpaired) electrons. The van der Waals surface area contributed by atoms with Gasteiger partial charge in [0.2, 0.25) is 5.91 Å². The fourth-order valence-electron chi connectivity index (χ4n) is 2.58. The van der Waals surface area contributed by atoms with Crippen molar-refractivity contribution in [1.82, 2.24) is 10.2 Å². The highest BCUT2D eigenvalue weighted by Gasteiger charge is 2.22. The van der Waals surface area contributed by atoms with Crippen LogP contribution in [0.4, 0.5) is 0 Å². The van der Waals surface area contributed by atoms with Crippen LogP contribution in [0.15, 0.2) is 17.5 Å². The summed E-state index contributed by atoms with van der Waals surface area (Å²) in [5.41, 5.74) is 0. The lowest BCUT2D eigenvalue weighted by Gasteiger charge is -2.32. The summed E-state index contributed by atoms with van der Waals surface area (Å²) in [5.74, 6) is 1.08. The third-order valence-corrected chi connectivity index (χ3v) is 4.75. The van der Waals surface area contributed by atoms with Gasteiger partial charge in [0.25, 0.3) is 0 Å². The molecule has 4 heteroatoms. The summed E-state index contributed by atoms with van der Waals surface area (Å²) >= 11 is 1.74. The minimum atomic E-state index is 0.329. The first kappa shape index (κ1) is 14.5. The lowest BCUT2D eigenvalue weighted by molar-refractivity contribution is -0.132. The van der Waals surface area contributed by atoms with Crippen molar-refractivity contribution < 1.29 is 4.79 Å². The fourth-order valence-corrected chi connectivity index (χ4v) is 3.29. The molecule has 3 nitrogen and oxygen atoms in total. The van der Waals surface area contributed by atoms with Crippen molar-refractivity contribution >= 4 is 17.2 Å². The molecule has 0 unspecified atom stereocenters. The van der Waals surface area contributed by atoms with Gasteiger partial charge in [0, 0.05) is 24.4 Å². The average Bonchev–Trinajstić information content (AvgIpc) is 2.96. The third-order valence-electron chi connectivity index (χ3n) is 3.82. The molecule has 0 aromatic carbocycles. The Hall–Kier alpha value is -0.870. The number of piperidine rings is 1. The molecule has 1 aliphatic heterocycles. The number of carbonyl (C=O) groups excluding carboxylic acids is 1. The smallest absolute Gasteiger partial charge is 0.222 e. The number of nitrogens with zero attached hydrogens (tertiary/aromatic N) is 1. The number of amides is 1. The van der Waals surface area contributed by atoms with E-state index < -0.39 is 0 Å². The highest BCUT2D eigenvalue weighted by Crippen LogP contribution is 2.18. The molecular formula is C15H24N2OS. The summed E-state index contributed by atoms with van der Waals surface area (Å²) in [7, 11) is 0. The molecule has 0 atom stereocenters. The first-order valence-corrected chi connectivity index (χ1v) is 8.18. The van der Waals surface area contributed by atoms with Crippen LogP contribution in [-0.2, 0) is 11.2 Å². The maximum atomic E-state index is 12.1. The molecular weight excluding hydrogens is 256 g/mol. The number of likely N-dealkylation sites (tertiary alicyclic amines) is 1. The summed E-state index contributed by atoms with van der Waals surface area (Å²) in [4.78, 5) is 15.5. The van der Waals surface area contributed by atoms with E-state index in [1.165, 1.54) is 4.88 Å². The van der Waals surface area contributed by atoms with Gasteiger partial charge in [0.05, 0.1) is 0 Å². The van der Waals surface area contributed by atoms with Crippen molar-refractivity contribution in [3.8, 4) is 0 Å². The number of thiophene rings is 1. The monoisotopic (exact) mass is 280 g/mol. The summed E-state index contributed by atoms with van der Waals surface area (Å²) in [6.07, 6.45) is 3.86. The van der Waals surface area contributed by atoms with E-state index in [9.17, 15) is 4.79 Å². The molecule has 1 aromatic heterocycles. The first-order valence-electron chi connectivity index (χ1n) is 7.30. The van der Waals surface area contributed by atoms with Gasteiger partial charge < -0.3 is 10.2 Å². The van der Waals surface area contributed by atoms with Crippen molar-refractivity contribution in [2.75, 3.05) is 26.2 Å². The topological polar surface area (TPSA) is 32.3 Å². The Morgan fingerprint density at radius 2 is 2.26 bits per heavy atom. The van der Waals surface area contributed by atoms with Crippen molar-refractivity contribution in [1.29, 1.82) is 0 Å². The maximum Gasteiger partial charge on any atom is 0.222 e. The Balaban J connectivity index is 1.67. The fraction of sp³-hybridized carbons (Fsp3) is 0.667. The molecule has 1 saturated heterocycles. The van der Waals surface area contributed by atoms with Crippen molar-refractivity contribution in [3.63, 3.8) is 0 Å². The van der Waals surface area contributed by atoms with Gasteiger partial charge in [-0.2, -0.15) is 0 Å². The van der Waals surface area contributed by atoms with Crippen molar-refractivity contribution in [3.05, 3.63) is 22.4 Å². The second kappa shape index (κ2) is 7.65. The van der Waals surface area contributed by atoms with Crippen molar-refractivity contribution in [2.45, 2.75) is 32.6 Å². The van der Waals surface area contributed by atoms with Crippen LogP contribution < -0.4 is 5.32 Å². The number of hydrogen-bond acceptors (Lipinski definition) is 3. The third kappa shape index (κ3) is 4.62. The Morgan fingerprint density at radius 1 is 1.47 bits per heavy atom. The van der Waals surface area contributed by atoms with Gasteiger partial charge >= 0.3 is 0 Å². The number of carbonyl (C=O) groups is 1. The van der Waals surface area contributed by atoms with Gasteiger partial charge in [-0.3, -0.25) is 4.79 Å². The predicted molar refractivity (Wildman–Crippen MR) is 80.5 cm³/mol. The second-order valence-electron chi connectivity index (χ2n) is 5.21. The van der Waals surface area contributed by atoms with E-state index in [0.29, 0.717) is 12.3 Å². The number of nitrogens with one attached hydrogen (secondary N) is 1. The summed E-state index contributed by atoms with van der Waals surface area (Å²) in [6.45, 7) is 6.18. The lowest BCUT2D eigenvalue weighted by atomic mass is 9.96. The van der Waals surface area contributed by atoms with Crippen LogP contribution in [0.3, 0.4) is 0 Å². The van der Waals surface area contributed by atoms with Crippen LogP contribution in [0.1, 0.15) is 31.1 Å². The zero-order valence-electron chi connectivity index (χ0n) is 11.7. The lowest BCUT2D eigenvalue weighted by Crippen LogP contribution is -2.40. The zero-order valence-corrected chi connectivity index (χ0v) is 12.5. The second-order valence-corrected chi connectivity index (χ2v) is 6.24. The Kier molecular flexibility index (Phi) is 5.86. The number of aryl methyl sites for hydroxylation is 1. The number of hydrogen-bond donors (Lipinski definition) is 1. The van der Waals surface area contributed by atoms with E-state index in [1.54, 1.807) is 11.3 Å². The average molecular weight is 280 g/mol. The molecule has 0 saturated carbocycles. The van der Waals surface area contributed by atoms with Crippen LogP contribution in [0.25, 0.3) is 0 Å². The Morgan fingerprint density at radius 3 is 2.89 bits per heavy atom. The van der Waals surface area contributed by atoms with Gasteiger partial charge in [-0.15, -0.1) is 11.3 Å².